The predicted molar refractivity (Wildman–Crippen MR) is 52.2 cm³/mol. The summed E-state index contributed by atoms with van der Waals surface area (Å²) in [5.74, 6) is -2.30. The lowest BCUT2D eigenvalue weighted by atomic mass is 10.3. The largest absolute Gasteiger partial charge is 0.322 e. The number of rotatable bonds is 4. The number of allylic oxidation sites excluding steroid dienone is 1. The van der Waals surface area contributed by atoms with Crippen molar-refractivity contribution >= 4 is 11.6 Å². The monoisotopic (exact) mass is 212 g/mol. The van der Waals surface area contributed by atoms with Gasteiger partial charge in [0, 0.05) is 6.42 Å². The summed E-state index contributed by atoms with van der Waals surface area (Å²) in [5.41, 5.74) is -0.120. The Labute approximate surface area is 85.8 Å². The number of halogens is 2. The Balaban J connectivity index is 2.64. The molecule has 0 fully saturated rings. The predicted octanol–water partition coefficient (Wildman–Crippen LogP) is 2.26. The van der Waals surface area contributed by atoms with E-state index in [1.54, 1.807) is 6.08 Å². The molecular weight excluding hydrogens is 202 g/mol. The number of hydrogen-bond acceptors (Lipinski definition) is 2. The van der Waals surface area contributed by atoms with Crippen molar-refractivity contribution in [2.24, 2.45) is 0 Å². The summed E-state index contributed by atoms with van der Waals surface area (Å²) in [5, 5.41) is 2.28. The van der Waals surface area contributed by atoms with Gasteiger partial charge in [-0.05, 0) is 18.6 Å². The van der Waals surface area contributed by atoms with Gasteiger partial charge in [-0.3, -0.25) is 4.79 Å². The molecule has 1 amide bonds. The van der Waals surface area contributed by atoms with Crippen molar-refractivity contribution in [2.45, 2.75) is 12.8 Å². The van der Waals surface area contributed by atoms with Crippen molar-refractivity contribution in [1.29, 1.82) is 0 Å². The summed E-state index contributed by atoms with van der Waals surface area (Å²) in [6, 6.07) is 2.11. The van der Waals surface area contributed by atoms with Crippen LogP contribution < -0.4 is 5.32 Å². The van der Waals surface area contributed by atoms with Gasteiger partial charge in [-0.2, -0.15) is 13.8 Å². The highest BCUT2D eigenvalue weighted by Crippen LogP contribution is 2.12. The van der Waals surface area contributed by atoms with E-state index in [2.05, 4.69) is 16.9 Å². The van der Waals surface area contributed by atoms with Gasteiger partial charge in [-0.1, -0.05) is 6.08 Å². The van der Waals surface area contributed by atoms with E-state index in [1.165, 1.54) is 0 Å². The van der Waals surface area contributed by atoms with Gasteiger partial charge in [-0.15, -0.1) is 6.58 Å². The number of hydrogen-bond donors (Lipinski definition) is 1. The number of anilines is 1. The third-order valence-electron chi connectivity index (χ3n) is 1.66. The normalized spacial score (nSPS) is 9.73. The number of carbonyl (C=O) groups excluding carboxylic acids is 1. The highest BCUT2D eigenvalue weighted by atomic mass is 19.1. The number of nitrogens with one attached hydrogen (secondary N) is 1. The van der Waals surface area contributed by atoms with Crippen LogP contribution in [0, 0.1) is 11.9 Å². The summed E-state index contributed by atoms with van der Waals surface area (Å²) in [4.78, 5) is 14.1. The lowest BCUT2D eigenvalue weighted by Gasteiger charge is -2.04. The molecule has 1 aromatic rings. The van der Waals surface area contributed by atoms with Crippen LogP contribution in [0.1, 0.15) is 12.8 Å². The first kappa shape index (κ1) is 11.3. The van der Waals surface area contributed by atoms with E-state index in [9.17, 15) is 13.6 Å². The van der Waals surface area contributed by atoms with Gasteiger partial charge in [0.15, 0.2) is 0 Å². The van der Waals surface area contributed by atoms with Crippen LogP contribution in [0.15, 0.2) is 24.8 Å². The van der Waals surface area contributed by atoms with Crippen LogP contribution in [0.3, 0.4) is 0 Å². The average molecular weight is 212 g/mol. The van der Waals surface area contributed by atoms with Crippen LogP contribution in [-0.4, -0.2) is 10.9 Å². The minimum absolute atomic E-state index is 0.120. The molecule has 0 unspecified atom stereocenters. The second-order valence-electron chi connectivity index (χ2n) is 2.85. The van der Waals surface area contributed by atoms with E-state index in [4.69, 9.17) is 0 Å². The Morgan fingerprint density at radius 2 is 2.27 bits per heavy atom. The molecule has 3 nitrogen and oxygen atoms in total. The van der Waals surface area contributed by atoms with E-state index < -0.39 is 11.9 Å². The zero-order chi connectivity index (χ0) is 11.3. The highest BCUT2D eigenvalue weighted by Gasteiger charge is 2.08. The first-order chi connectivity index (χ1) is 7.13. The number of carbonyl (C=O) groups is 1. The Kier molecular flexibility index (Phi) is 3.91. The van der Waals surface area contributed by atoms with E-state index in [1.807, 2.05) is 0 Å². The number of nitrogens with zero attached hydrogens (tertiary/aromatic N) is 1. The maximum absolute atomic E-state index is 12.9. The molecule has 0 aliphatic rings. The minimum atomic E-state index is -1.03. The maximum Gasteiger partial charge on any atom is 0.239 e. The third kappa shape index (κ3) is 3.46. The van der Waals surface area contributed by atoms with E-state index in [-0.39, 0.29) is 18.0 Å². The highest BCUT2D eigenvalue weighted by molar-refractivity contribution is 5.90. The Morgan fingerprint density at radius 3 is 2.87 bits per heavy atom. The molecule has 0 spiro atoms. The molecule has 0 bridgehead atoms. The molecule has 0 aliphatic heterocycles. The summed E-state index contributed by atoms with van der Waals surface area (Å²) in [6.07, 6.45) is 2.29. The van der Waals surface area contributed by atoms with Gasteiger partial charge in [0.1, 0.15) is 0 Å². The van der Waals surface area contributed by atoms with Gasteiger partial charge in [-0.25, -0.2) is 0 Å². The quantitative estimate of drug-likeness (QED) is 0.614. The molecule has 0 aliphatic carbocycles. The van der Waals surface area contributed by atoms with Crippen LogP contribution in [0.2, 0.25) is 0 Å². The summed E-state index contributed by atoms with van der Waals surface area (Å²) >= 11 is 0. The van der Waals surface area contributed by atoms with Crippen molar-refractivity contribution in [3.8, 4) is 0 Å². The van der Waals surface area contributed by atoms with E-state index in [0.717, 1.165) is 12.1 Å². The fourth-order valence-electron chi connectivity index (χ4n) is 0.951. The van der Waals surface area contributed by atoms with Crippen molar-refractivity contribution in [3.05, 3.63) is 36.7 Å². The number of amides is 1. The van der Waals surface area contributed by atoms with Crippen LogP contribution in [-0.2, 0) is 4.79 Å². The molecular formula is C10H10F2N2O. The van der Waals surface area contributed by atoms with Crippen LogP contribution >= 0.6 is 0 Å². The van der Waals surface area contributed by atoms with Crippen molar-refractivity contribution in [2.75, 3.05) is 5.32 Å². The van der Waals surface area contributed by atoms with Crippen molar-refractivity contribution in [1.82, 2.24) is 4.98 Å². The second kappa shape index (κ2) is 5.19. The molecule has 1 N–H and O–H groups in total. The Bertz CT molecular complexity index is 380. The second-order valence-corrected chi connectivity index (χ2v) is 2.85. The van der Waals surface area contributed by atoms with Gasteiger partial charge in [0.05, 0.1) is 5.69 Å². The fraction of sp³-hybridized carbons (Fsp3) is 0.200. The summed E-state index contributed by atoms with van der Waals surface area (Å²) < 4.78 is 25.4. The maximum atomic E-state index is 12.9. The molecule has 0 atom stereocenters. The lowest BCUT2D eigenvalue weighted by Crippen LogP contribution is -2.12. The smallest absolute Gasteiger partial charge is 0.239 e. The van der Waals surface area contributed by atoms with Gasteiger partial charge in [0.2, 0.25) is 17.8 Å². The summed E-state index contributed by atoms with van der Waals surface area (Å²) in [7, 11) is 0. The van der Waals surface area contributed by atoms with Gasteiger partial charge < -0.3 is 5.32 Å². The molecule has 0 radical (unpaired) electrons. The number of aromatic nitrogens is 1. The summed E-state index contributed by atoms with van der Waals surface area (Å²) in [6.45, 7) is 3.45. The molecule has 5 heteroatoms. The molecule has 0 saturated carbocycles. The molecule has 0 saturated heterocycles. The van der Waals surface area contributed by atoms with E-state index >= 15 is 0 Å². The minimum Gasteiger partial charge on any atom is -0.322 e. The van der Waals surface area contributed by atoms with E-state index in [0.29, 0.717) is 6.42 Å². The van der Waals surface area contributed by atoms with Crippen molar-refractivity contribution < 1.29 is 13.6 Å². The standard InChI is InChI=1S/C10H10F2N2O/c1-2-3-4-9(15)13-7-5-6-8(11)14-10(7)12/h2,5-6H,1,3-4H2,(H,13,15). The lowest BCUT2D eigenvalue weighted by molar-refractivity contribution is -0.116. The van der Waals surface area contributed by atoms with Crippen LogP contribution in [0.25, 0.3) is 0 Å². The van der Waals surface area contributed by atoms with Crippen molar-refractivity contribution in [3.63, 3.8) is 0 Å². The Hall–Kier alpha value is -1.78. The van der Waals surface area contributed by atoms with Gasteiger partial charge in [0.25, 0.3) is 0 Å². The molecule has 0 aromatic carbocycles. The van der Waals surface area contributed by atoms with Gasteiger partial charge >= 0.3 is 0 Å². The topological polar surface area (TPSA) is 42.0 Å². The Morgan fingerprint density at radius 1 is 1.53 bits per heavy atom. The molecule has 15 heavy (non-hydrogen) atoms. The number of pyridine rings is 1. The SMILES string of the molecule is C=CCCC(=O)Nc1ccc(F)nc1F. The third-order valence-corrected chi connectivity index (χ3v) is 1.66. The van der Waals surface area contributed by atoms with Crippen LogP contribution in [0.5, 0.6) is 0 Å². The first-order valence-corrected chi connectivity index (χ1v) is 4.36. The van der Waals surface area contributed by atoms with Crippen LogP contribution in [0.4, 0.5) is 14.5 Å². The zero-order valence-electron chi connectivity index (χ0n) is 7.96. The average Bonchev–Trinajstić information content (AvgIpc) is 2.19. The fourth-order valence-corrected chi connectivity index (χ4v) is 0.951. The molecule has 80 valence electrons. The molecule has 1 rings (SSSR count). The molecule has 1 aromatic heterocycles. The zero-order valence-corrected chi connectivity index (χ0v) is 7.96. The molecule has 1 heterocycles. The first-order valence-electron chi connectivity index (χ1n) is 4.36.